The topological polar surface area (TPSA) is 55.4 Å². The molecule has 1 N–H and O–H groups in total. The second-order valence-electron chi connectivity index (χ2n) is 4.63. The van der Waals surface area contributed by atoms with Crippen molar-refractivity contribution in [3.05, 3.63) is 22.7 Å². The molecule has 4 nitrogen and oxygen atoms in total. The molecule has 0 aromatic heterocycles. The zero-order chi connectivity index (χ0) is 13.9. The molecule has 0 amide bonds. The Labute approximate surface area is 122 Å². The molecule has 1 aliphatic rings. The Balaban J connectivity index is 2.29. The van der Waals surface area contributed by atoms with Crippen LogP contribution in [0.5, 0.6) is 5.75 Å². The summed E-state index contributed by atoms with van der Waals surface area (Å²) in [6.07, 6.45) is 4.00. The Morgan fingerprint density at radius 1 is 1.37 bits per heavy atom. The third kappa shape index (κ3) is 3.70. The molecule has 2 rings (SSSR count). The van der Waals surface area contributed by atoms with E-state index in [1.807, 2.05) is 6.92 Å². The zero-order valence-electron chi connectivity index (χ0n) is 10.9. The van der Waals surface area contributed by atoms with Gasteiger partial charge in [0.1, 0.15) is 10.6 Å². The summed E-state index contributed by atoms with van der Waals surface area (Å²) in [6.45, 7) is 2.27. The number of rotatable bonds is 5. The fourth-order valence-electron chi connectivity index (χ4n) is 2.29. The average Bonchev–Trinajstić information content (AvgIpc) is 2.83. The number of hydrogen-bond donors (Lipinski definition) is 1. The number of benzene rings is 1. The number of nitrogens with one attached hydrogen (secondary N) is 1. The summed E-state index contributed by atoms with van der Waals surface area (Å²) in [6, 6.07) is 5.09. The van der Waals surface area contributed by atoms with Gasteiger partial charge in [-0.1, -0.05) is 28.8 Å². The van der Waals surface area contributed by atoms with E-state index in [9.17, 15) is 8.42 Å². The highest BCUT2D eigenvalue weighted by Gasteiger charge is 2.25. The lowest BCUT2D eigenvalue weighted by molar-refractivity contribution is 0.330. The molecule has 19 heavy (non-hydrogen) atoms. The molecular weight excluding hydrogens is 330 g/mol. The maximum absolute atomic E-state index is 12.4. The van der Waals surface area contributed by atoms with Gasteiger partial charge in [0, 0.05) is 10.5 Å². The summed E-state index contributed by atoms with van der Waals surface area (Å²) in [5, 5.41) is 0. The molecule has 0 unspecified atom stereocenters. The van der Waals surface area contributed by atoms with Gasteiger partial charge < -0.3 is 4.74 Å². The van der Waals surface area contributed by atoms with Crippen molar-refractivity contribution in [3.8, 4) is 5.75 Å². The molecule has 0 saturated heterocycles. The fourth-order valence-corrected chi connectivity index (χ4v) is 4.28. The average molecular weight is 348 g/mol. The molecule has 106 valence electrons. The second-order valence-corrected chi connectivity index (χ2v) is 7.22. The van der Waals surface area contributed by atoms with Gasteiger partial charge in [0.25, 0.3) is 0 Å². The van der Waals surface area contributed by atoms with E-state index in [4.69, 9.17) is 4.74 Å². The lowest BCUT2D eigenvalue weighted by Crippen LogP contribution is -2.32. The minimum absolute atomic E-state index is 0.0541. The van der Waals surface area contributed by atoms with E-state index in [1.165, 1.54) is 0 Å². The number of sulfonamides is 1. The Morgan fingerprint density at radius 3 is 2.68 bits per heavy atom. The van der Waals surface area contributed by atoms with Gasteiger partial charge in [0.2, 0.25) is 10.0 Å². The van der Waals surface area contributed by atoms with Gasteiger partial charge >= 0.3 is 0 Å². The molecule has 1 saturated carbocycles. The van der Waals surface area contributed by atoms with E-state index >= 15 is 0 Å². The van der Waals surface area contributed by atoms with Gasteiger partial charge in [0.15, 0.2) is 0 Å². The van der Waals surface area contributed by atoms with E-state index in [-0.39, 0.29) is 10.9 Å². The van der Waals surface area contributed by atoms with E-state index < -0.39 is 10.0 Å². The smallest absolute Gasteiger partial charge is 0.244 e. The standard InChI is InChI=1S/C13H18BrNO3S/c1-2-18-12-8-7-10(14)9-13(12)19(16,17)15-11-5-3-4-6-11/h7-9,11,15H,2-6H2,1H3. The van der Waals surface area contributed by atoms with E-state index in [0.29, 0.717) is 12.4 Å². The monoisotopic (exact) mass is 347 g/mol. The quantitative estimate of drug-likeness (QED) is 0.890. The first-order valence-electron chi connectivity index (χ1n) is 6.47. The predicted molar refractivity (Wildman–Crippen MR) is 77.9 cm³/mol. The minimum atomic E-state index is -3.52. The Hall–Kier alpha value is -0.590. The number of ether oxygens (including phenoxy) is 1. The van der Waals surface area contributed by atoms with Gasteiger partial charge in [-0.05, 0) is 38.0 Å². The van der Waals surface area contributed by atoms with Crippen LogP contribution in [0.15, 0.2) is 27.6 Å². The summed E-state index contributed by atoms with van der Waals surface area (Å²) in [5.41, 5.74) is 0. The van der Waals surface area contributed by atoms with Crippen LogP contribution < -0.4 is 9.46 Å². The maximum atomic E-state index is 12.4. The zero-order valence-corrected chi connectivity index (χ0v) is 13.3. The van der Waals surface area contributed by atoms with Crippen LogP contribution in [0.2, 0.25) is 0 Å². The highest BCUT2D eigenvalue weighted by atomic mass is 79.9. The molecular formula is C13H18BrNO3S. The predicted octanol–water partition coefficient (Wildman–Crippen LogP) is 3.07. The van der Waals surface area contributed by atoms with E-state index in [0.717, 1.165) is 30.2 Å². The SMILES string of the molecule is CCOc1ccc(Br)cc1S(=O)(=O)NC1CCCC1. The lowest BCUT2D eigenvalue weighted by atomic mass is 10.3. The first kappa shape index (κ1) is 14.8. The van der Waals surface area contributed by atoms with Crippen LogP contribution in [0.3, 0.4) is 0 Å². The van der Waals surface area contributed by atoms with Crippen molar-refractivity contribution >= 4 is 26.0 Å². The molecule has 1 aliphatic carbocycles. The molecule has 1 fully saturated rings. The van der Waals surface area contributed by atoms with Gasteiger partial charge in [-0.25, -0.2) is 13.1 Å². The lowest BCUT2D eigenvalue weighted by Gasteiger charge is -2.15. The van der Waals surface area contributed by atoms with Crippen LogP contribution in [0.1, 0.15) is 32.6 Å². The van der Waals surface area contributed by atoms with Crippen molar-refractivity contribution in [2.75, 3.05) is 6.61 Å². The normalized spacial score (nSPS) is 16.7. The Kier molecular flexibility index (Phi) is 4.86. The molecule has 6 heteroatoms. The maximum Gasteiger partial charge on any atom is 0.244 e. The van der Waals surface area contributed by atoms with Gasteiger partial charge in [0.05, 0.1) is 6.61 Å². The van der Waals surface area contributed by atoms with Crippen LogP contribution in [-0.4, -0.2) is 21.1 Å². The molecule has 1 aromatic rings. The van der Waals surface area contributed by atoms with Crippen LogP contribution >= 0.6 is 15.9 Å². The minimum Gasteiger partial charge on any atom is -0.492 e. The molecule has 1 aromatic carbocycles. The van der Waals surface area contributed by atoms with Gasteiger partial charge in [-0.3, -0.25) is 0 Å². The van der Waals surface area contributed by atoms with Crippen LogP contribution in [0, 0.1) is 0 Å². The van der Waals surface area contributed by atoms with E-state index in [1.54, 1.807) is 18.2 Å². The van der Waals surface area contributed by atoms with Crippen molar-refractivity contribution < 1.29 is 13.2 Å². The number of halogens is 1. The Morgan fingerprint density at radius 2 is 2.05 bits per heavy atom. The third-order valence-corrected chi connectivity index (χ3v) is 5.21. The molecule has 0 radical (unpaired) electrons. The summed E-state index contributed by atoms with van der Waals surface area (Å²) in [7, 11) is -3.52. The first-order chi connectivity index (χ1) is 9.03. The second kappa shape index (κ2) is 6.24. The van der Waals surface area contributed by atoms with Crippen molar-refractivity contribution in [2.45, 2.75) is 43.5 Å². The number of hydrogen-bond acceptors (Lipinski definition) is 3. The summed E-state index contributed by atoms with van der Waals surface area (Å²) < 4.78 is 33.7. The molecule has 0 bridgehead atoms. The van der Waals surface area contributed by atoms with Gasteiger partial charge in [-0.2, -0.15) is 0 Å². The highest BCUT2D eigenvalue weighted by Crippen LogP contribution is 2.29. The van der Waals surface area contributed by atoms with Crippen molar-refractivity contribution in [2.24, 2.45) is 0 Å². The molecule has 0 atom stereocenters. The fraction of sp³-hybridized carbons (Fsp3) is 0.538. The van der Waals surface area contributed by atoms with E-state index in [2.05, 4.69) is 20.7 Å². The molecule has 0 spiro atoms. The van der Waals surface area contributed by atoms with Crippen LogP contribution in [0.25, 0.3) is 0 Å². The molecule has 0 heterocycles. The summed E-state index contributed by atoms with van der Waals surface area (Å²) in [4.78, 5) is 0.204. The van der Waals surface area contributed by atoms with Crippen LogP contribution in [-0.2, 0) is 10.0 Å². The highest BCUT2D eigenvalue weighted by molar-refractivity contribution is 9.10. The molecule has 0 aliphatic heterocycles. The Bertz CT molecular complexity index is 539. The van der Waals surface area contributed by atoms with Crippen LogP contribution in [0.4, 0.5) is 0 Å². The van der Waals surface area contributed by atoms with Crippen molar-refractivity contribution in [1.29, 1.82) is 0 Å². The third-order valence-electron chi connectivity index (χ3n) is 3.17. The van der Waals surface area contributed by atoms with Crippen molar-refractivity contribution in [3.63, 3.8) is 0 Å². The summed E-state index contributed by atoms with van der Waals surface area (Å²) >= 11 is 3.30. The van der Waals surface area contributed by atoms with Crippen molar-refractivity contribution in [1.82, 2.24) is 4.72 Å². The summed E-state index contributed by atoms with van der Waals surface area (Å²) in [5.74, 6) is 0.399. The first-order valence-corrected chi connectivity index (χ1v) is 8.75. The largest absolute Gasteiger partial charge is 0.492 e. The van der Waals surface area contributed by atoms with Gasteiger partial charge in [-0.15, -0.1) is 0 Å².